The number of hydrogen-bond donors (Lipinski definition) is 1. The van der Waals surface area contributed by atoms with E-state index in [2.05, 4.69) is 4.98 Å². The van der Waals surface area contributed by atoms with Crippen LogP contribution in [-0.2, 0) is 6.54 Å². The predicted octanol–water partition coefficient (Wildman–Crippen LogP) is 1.29. The van der Waals surface area contributed by atoms with Gasteiger partial charge in [-0.05, 0) is 38.2 Å². The first-order valence-electron chi connectivity index (χ1n) is 8.42. The maximum absolute atomic E-state index is 13.1. The summed E-state index contributed by atoms with van der Waals surface area (Å²) in [6.07, 6.45) is 0.698. The highest BCUT2D eigenvalue weighted by Gasteiger charge is 2.43. The van der Waals surface area contributed by atoms with Crippen molar-refractivity contribution in [3.8, 4) is 5.75 Å². The van der Waals surface area contributed by atoms with Gasteiger partial charge in [0.2, 0.25) is 5.75 Å². The fourth-order valence-electron chi connectivity index (χ4n) is 3.85. The van der Waals surface area contributed by atoms with E-state index in [0.29, 0.717) is 18.8 Å². The topological polar surface area (TPSA) is 78.7 Å². The minimum atomic E-state index is -0.782. The van der Waals surface area contributed by atoms with Crippen LogP contribution in [0.15, 0.2) is 29.1 Å². The zero-order chi connectivity index (χ0) is 18.6. The van der Waals surface area contributed by atoms with Crippen molar-refractivity contribution in [3.05, 3.63) is 57.5 Å². The van der Waals surface area contributed by atoms with Crippen molar-refractivity contribution in [2.75, 3.05) is 20.6 Å². The Bertz CT molecular complexity index is 939. The molecule has 1 unspecified atom stereocenters. The standard InChI is InChI=1S/C18H19FN4O3/c1-21(2)13-7-12-9-22(8-10-3-5-11(19)6-4-10)18(26)14-15(24)17(25)20-16(13)23(12)14/h3-6,12-13,24H,7-9H2,1-2H3/t12?,13-/m1/s1. The molecule has 1 aromatic heterocycles. The molecule has 2 atom stereocenters. The number of aromatic hydroxyl groups is 1. The van der Waals surface area contributed by atoms with Crippen LogP contribution in [0.4, 0.5) is 4.39 Å². The lowest BCUT2D eigenvalue weighted by Gasteiger charge is -2.33. The Morgan fingerprint density at radius 1 is 1.27 bits per heavy atom. The van der Waals surface area contributed by atoms with E-state index in [0.717, 1.165) is 5.56 Å². The Labute approximate surface area is 149 Å². The van der Waals surface area contributed by atoms with Crippen LogP contribution in [0.5, 0.6) is 5.75 Å². The lowest BCUT2D eigenvalue weighted by molar-refractivity contribution is 0.0647. The first-order chi connectivity index (χ1) is 12.4. The molecule has 7 nitrogen and oxygen atoms in total. The molecule has 136 valence electrons. The number of carbonyl (C=O) groups excluding carboxylic acids is 1. The zero-order valence-corrected chi connectivity index (χ0v) is 14.5. The third kappa shape index (κ3) is 2.48. The molecule has 2 aromatic rings. The van der Waals surface area contributed by atoms with Crippen molar-refractivity contribution >= 4 is 5.91 Å². The second-order valence-electron chi connectivity index (χ2n) is 7.02. The Morgan fingerprint density at radius 2 is 1.96 bits per heavy atom. The average molecular weight is 358 g/mol. The van der Waals surface area contributed by atoms with Gasteiger partial charge >= 0.3 is 5.56 Å². The molecule has 0 fully saturated rings. The van der Waals surface area contributed by atoms with E-state index in [9.17, 15) is 19.1 Å². The number of halogens is 1. The first-order valence-corrected chi connectivity index (χ1v) is 8.42. The lowest BCUT2D eigenvalue weighted by Crippen LogP contribution is -2.43. The van der Waals surface area contributed by atoms with E-state index in [-0.39, 0.29) is 30.1 Å². The number of carbonyl (C=O) groups is 1. The SMILES string of the molecule is CN(C)[C@@H]1CC2CN(Cc3ccc(F)cc3)C(=O)c3c(O)c(=O)nc1n32. The third-order valence-corrected chi connectivity index (χ3v) is 5.12. The number of hydrogen-bond acceptors (Lipinski definition) is 5. The predicted molar refractivity (Wildman–Crippen MR) is 91.4 cm³/mol. The number of rotatable bonds is 3. The molecule has 0 saturated carbocycles. The highest BCUT2D eigenvalue weighted by molar-refractivity contribution is 5.96. The zero-order valence-electron chi connectivity index (χ0n) is 14.5. The molecule has 0 saturated heterocycles. The molecule has 1 amide bonds. The van der Waals surface area contributed by atoms with Gasteiger partial charge in [-0.25, -0.2) is 4.39 Å². The fourth-order valence-corrected chi connectivity index (χ4v) is 3.85. The van der Waals surface area contributed by atoms with Crippen LogP contribution < -0.4 is 5.56 Å². The monoisotopic (exact) mass is 358 g/mol. The summed E-state index contributed by atoms with van der Waals surface area (Å²) in [6.45, 7) is 0.734. The first kappa shape index (κ1) is 16.7. The summed E-state index contributed by atoms with van der Waals surface area (Å²) in [7, 11) is 3.79. The molecular formula is C18H19FN4O3. The average Bonchev–Trinajstić information content (AvgIpc) is 2.95. The number of benzene rings is 1. The molecule has 2 aliphatic heterocycles. The van der Waals surface area contributed by atoms with Gasteiger partial charge in [0.25, 0.3) is 5.91 Å². The Balaban J connectivity index is 1.76. The van der Waals surface area contributed by atoms with Gasteiger partial charge < -0.3 is 14.6 Å². The molecule has 0 aliphatic carbocycles. The molecule has 3 heterocycles. The normalized spacial score (nSPS) is 21.4. The summed E-state index contributed by atoms with van der Waals surface area (Å²) < 4.78 is 14.8. The van der Waals surface area contributed by atoms with Gasteiger partial charge in [0, 0.05) is 13.1 Å². The van der Waals surface area contributed by atoms with Gasteiger partial charge in [0.15, 0.2) is 5.69 Å². The molecular weight excluding hydrogens is 339 g/mol. The van der Waals surface area contributed by atoms with Gasteiger partial charge in [0.1, 0.15) is 11.6 Å². The van der Waals surface area contributed by atoms with Crippen LogP contribution in [0.3, 0.4) is 0 Å². The highest BCUT2D eigenvalue weighted by Crippen LogP contribution is 2.41. The van der Waals surface area contributed by atoms with Crippen LogP contribution in [0, 0.1) is 5.82 Å². The molecule has 0 spiro atoms. The van der Waals surface area contributed by atoms with Gasteiger partial charge in [0.05, 0.1) is 12.1 Å². The second-order valence-corrected chi connectivity index (χ2v) is 7.02. The van der Waals surface area contributed by atoms with Crippen molar-refractivity contribution in [1.29, 1.82) is 0 Å². The summed E-state index contributed by atoms with van der Waals surface area (Å²) in [5.41, 5.74) is 0.00455. The van der Waals surface area contributed by atoms with Crippen molar-refractivity contribution in [1.82, 2.24) is 19.4 Å². The molecule has 4 rings (SSSR count). The number of nitrogens with zero attached hydrogens (tertiary/aromatic N) is 4. The number of amides is 1. The molecule has 1 N–H and O–H groups in total. The summed E-state index contributed by atoms with van der Waals surface area (Å²) >= 11 is 0. The van der Waals surface area contributed by atoms with Crippen molar-refractivity contribution in [3.63, 3.8) is 0 Å². The van der Waals surface area contributed by atoms with Gasteiger partial charge in [-0.1, -0.05) is 12.1 Å². The van der Waals surface area contributed by atoms with Crippen LogP contribution in [-0.4, -0.2) is 51.0 Å². The highest BCUT2D eigenvalue weighted by atomic mass is 19.1. The van der Waals surface area contributed by atoms with E-state index < -0.39 is 17.2 Å². The Hall–Kier alpha value is -2.74. The van der Waals surface area contributed by atoms with Gasteiger partial charge in [-0.2, -0.15) is 4.98 Å². The Morgan fingerprint density at radius 3 is 2.62 bits per heavy atom. The van der Waals surface area contributed by atoms with Crippen LogP contribution >= 0.6 is 0 Å². The molecule has 8 heteroatoms. The van der Waals surface area contributed by atoms with Crippen molar-refractivity contribution in [2.45, 2.75) is 25.0 Å². The summed E-state index contributed by atoms with van der Waals surface area (Å²) in [5.74, 6) is -0.837. The molecule has 0 radical (unpaired) electrons. The van der Waals surface area contributed by atoms with Crippen molar-refractivity contribution in [2.24, 2.45) is 0 Å². The minimum Gasteiger partial charge on any atom is -0.501 e. The summed E-state index contributed by atoms with van der Waals surface area (Å²) in [4.78, 5) is 32.6. The quantitative estimate of drug-likeness (QED) is 0.895. The lowest BCUT2D eigenvalue weighted by atomic mass is 10.1. The van der Waals surface area contributed by atoms with E-state index in [1.165, 1.54) is 12.1 Å². The van der Waals surface area contributed by atoms with Crippen LogP contribution in [0.25, 0.3) is 0 Å². The van der Waals surface area contributed by atoms with Gasteiger partial charge in [-0.15, -0.1) is 0 Å². The number of aromatic nitrogens is 2. The van der Waals surface area contributed by atoms with Gasteiger partial charge in [-0.3, -0.25) is 14.5 Å². The Kier molecular flexibility index (Phi) is 3.80. The summed E-state index contributed by atoms with van der Waals surface area (Å²) in [6, 6.07) is 5.78. The van der Waals surface area contributed by atoms with Crippen LogP contribution in [0.2, 0.25) is 0 Å². The smallest absolute Gasteiger partial charge is 0.315 e. The van der Waals surface area contributed by atoms with Crippen molar-refractivity contribution < 1.29 is 14.3 Å². The maximum atomic E-state index is 13.1. The molecule has 0 bridgehead atoms. The fraction of sp³-hybridized carbons (Fsp3) is 0.389. The molecule has 2 aliphatic rings. The molecule has 1 aromatic carbocycles. The van der Waals surface area contributed by atoms with Crippen LogP contribution in [0.1, 0.15) is 40.4 Å². The molecule has 26 heavy (non-hydrogen) atoms. The third-order valence-electron chi connectivity index (χ3n) is 5.12. The largest absolute Gasteiger partial charge is 0.501 e. The minimum absolute atomic E-state index is 0.00251. The van der Waals surface area contributed by atoms with E-state index >= 15 is 0 Å². The second kappa shape index (κ2) is 5.91. The maximum Gasteiger partial charge on any atom is 0.315 e. The van der Waals surface area contributed by atoms with E-state index in [4.69, 9.17) is 0 Å². The van der Waals surface area contributed by atoms with E-state index in [1.54, 1.807) is 21.6 Å². The van der Waals surface area contributed by atoms with E-state index in [1.807, 2.05) is 19.0 Å². The summed E-state index contributed by atoms with van der Waals surface area (Å²) in [5, 5.41) is 10.2.